The van der Waals surface area contributed by atoms with Crippen LogP contribution in [0.1, 0.15) is 30.6 Å². The topological polar surface area (TPSA) is 119 Å². The summed E-state index contributed by atoms with van der Waals surface area (Å²) in [7, 11) is 3.02. The summed E-state index contributed by atoms with van der Waals surface area (Å²) in [5.41, 5.74) is 1.03. The summed E-state index contributed by atoms with van der Waals surface area (Å²) in [6, 6.07) is 10.7. The summed E-state index contributed by atoms with van der Waals surface area (Å²) in [4.78, 5) is 37.6. The SMILES string of the molecule is CCOC(=O)CC(NC(=O)Nc1c(O)cc(C)n(C)c1=O)c1cc(F)cc(-c2cccc(OC)c2)c1. The first-order chi connectivity index (χ1) is 17.1. The number of aromatic hydroxyl groups is 1. The predicted octanol–water partition coefficient (Wildman–Crippen LogP) is 4.03. The molecule has 1 heterocycles. The van der Waals surface area contributed by atoms with Crippen LogP contribution in [0.3, 0.4) is 0 Å². The van der Waals surface area contributed by atoms with Gasteiger partial charge in [-0.1, -0.05) is 12.1 Å². The lowest BCUT2D eigenvalue weighted by Crippen LogP contribution is -2.36. The number of methoxy groups -OCH3 is 1. The van der Waals surface area contributed by atoms with Crippen molar-refractivity contribution in [2.45, 2.75) is 26.3 Å². The molecule has 0 saturated carbocycles. The number of pyridine rings is 1. The van der Waals surface area contributed by atoms with Crippen molar-refractivity contribution in [3.05, 3.63) is 76.0 Å². The standard InChI is InChI=1S/C26H28FN3O6/c1-5-36-23(32)14-21(28-26(34)29-24-22(31)9-15(2)30(3)25(24)33)18-10-17(11-19(27)12-18)16-7-6-8-20(13-16)35-4/h6-13,21,31H,5,14H2,1-4H3,(H2,28,29,34). The molecular weight excluding hydrogens is 469 g/mol. The third-order valence-corrected chi connectivity index (χ3v) is 5.59. The van der Waals surface area contributed by atoms with E-state index in [-0.39, 0.29) is 18.7 Å². The summed E-state index contributed by atoms with van der Waals surface area (Å²) in [5.74, 6) is -1.01. The second-order valence-corrected chi connectivity index (χ2v) is 8.08. The zero-order chi connectivity index (χ0) is 26.4. The molecule has 10 heteroatoms. The van der Waals surface area contributed by atoms with Gasteiger partial charge in [0.1, 0.15) is 17.3 Å². The van der Waals surface area contributed by atoms with Crippen molar-refractivity contribution in [2.24, 2.45) is 7.05 Å². The fourth-order valence-corrected chi connectivity index (χ4v) is 3.65. The molecular formula is C26H28FN3O6. The van der Waals surface area contributed by atoms with E-state index >= 15 is 0 Å². The molecule has 1 atom stereocenters. The molecule has 2 amide bonds. The van der Waals surface area contributed by atoms with Crippen LogP contribution in [-0.2, 0) is 16.6 Å². The van der Waals surface area contributed by atoms with E-state index in [1.54, 1.807) is 44.2 Å². The number of nitrogens with one attached hydrogen (secondary N) is 2. The second-order valence-electron chi connectivity index (χ2n) is 8.08. The van der Waals surface area contributed by atoms with Crippen LogP contribution in [0.2, 0.25) is 0 Å². The average Bonchev–Trinajstić information content (AvgIpc) is 2.84. The highest BCUT2D eigenvalue weighted by Gasteiger charge is 2.22. The number of carbonyl (C=O) groups is 2. The van der Waals surface area contributed by atoms with Crippen LogP contribution in [-0.4, -0.2) is 35.4 Å². The number of anilines is 1. The van der Waals surface area contributed by atoms with Gasteiger partial charge in [0, 0.05) is 18.8 Å². The van der Waals surface area contributed by atoms with Crippen LogP contribution in [0.15, 0.2) is 53.3 Å². The van der Waals surface area contributed by atoms with Crippen LogP contribution in [0.5, 0.6) is 11.5 Å². The Kier molecular flexibility index (Phi) is 8.31. The molecule has 0 spiro atoms. The second kappa shape index (κ2) is 11.4. The summed E-state index contributed by atoms with van der Waals surface area (Å²) in [6.45, 7) is 3.40. The van der Waals surface area contributed by atoms with Crippen LogP contribution in [0.4, 0.5) is 14.9 Å². The number of aromatic nitrogens is 1. The van der Waals surface area contributed by atoms with Gasteiger partial charge in [-0.15, -0.1) is 0 Å². The lowest BCUT2D eigenvalue weighted by atomic mass is 9.97. The number of hydrogen-bond donors (Lipinski definition) is 3. The Bertz CT molecular complexity index is 1340. The predicted molar refractivity (Wildman–Crippen MR) is 133 cm³/mol. The molecule has 0 saturated heterocycles. The van der Waals surface area contributed by atoms with Crippen molar-refractivity contribution >= 4 is 17.7 Å². The number of rotatable bonds is 8. The van der Waals surface area contributed by atoms with Gasteiger partial charge in [-0.25, -0.2) is 9.18 Å². The van der Waals surface area contributed by atoms with Crippen LogP contribution in [0.25, 0.3) is 11.1 Å². The summed E-state index contributed by atoms with van der Waals surface area (Å²) < 4.78 is 26.2. The van der Waals surface area contributed by atoms with Gasteiger partial charge in [-0.05, 0) is 60.9 Å². The Balaban J connectivity index is 1.95. The quantitative estimate of drug-likeness (QED) is 0.405. The van der Waals surface area contributed by atoms with Crippen molar-refractivity contribution < 1.29 is 28.6 Å². The van der Waals surface area contributed by atoms with Gasteiger partial charge in [0.25, 0.3) is 5.56 Å². The van der Waals surface area contributed by atoms with E-state index < -0.39 is 35.2 Å². The number of ether oxygens (including phenoxy) is 2. The first-order valence-electron chi connectivity index (χ1n) is 11.2. The molecule has 36 heavy (non-hydrogen) atoms. The number of esters is 1. The molecule has 190 valence electrons. The fraction of sp³-hybridized carbons (Fsp3) is 0.269. The van der Waals surface area contributed by atoms with Gasteiger partial charge in [0.05, 0.1) is 26.2 Å². The number of aryl methyl sites for hydroxylation is 1. The summed E-state index contributed by atoms with van der Waals surface area (Å²) in [6.07, 6.45) is -0.292. The van der Waals surface area contributed by atoms with Gasteiger partial charge >= 0.3 is 12.0 Å². The first kappa shape index (κ1) is 26.3. The van der Waals surface area contributed by atoms with Crippen LogP contribution < -0.4 is 20.9 Å². The Labute approximate surface area is 207 Å². The van der Waals surface area contributed by atoms with Gasteiger partial charge < -0.3 is 29.8 Å². The maximum absolute atomic E-state index is 14.7. The number of nitrogens with zero attached hydrogens (tertiary/aromatic N) is 1. The molecule has 0 radical (unpaired) electrons. The molecule has 0 bridgehead atoms. The third-order valence-electron chi connectivity index (χ3n) is 5.59. The minimum Gasteiger partial charge on any atom is -0.505 e. The Hall–Kier alpha value is -4.34. The Morgan fingerprint density at radius 2 is 1.89 bits per heavy atom. The molecule has 0 aliphatic rings. The van der Waals surface area contributed by atoms with Crippen molar-refractivity contribution in [3.63, 3.8) is 0 Å². The number of amides is 2. The highest BCUT2D eigenvalue weighted by molar-refractivity contribution is 5.91. The van der Waals surface area contributed by atoms with E-state index in [0.717, 1.165) is 0 Å². The average molecular weight is 498 g/mol. The number of urea groups is 1. The van der Waals surface area contributed by atoms with Crippen molar-refractivity contribution in [1.82, 2.24) is 9.88 Å². The monoisotopic (exact) mass is 497 g/mol. The third kappa shape index (κ3) is 6.21. The minimum absolute atomic E-state index is 0.128. The molecule has 9 nitrogen and oxygen atoms in total. The summed E-state index contributed by atoms with van der Waals surface area (Å²) >= 11 is 0. The van der Waals surface area contributed by atoms with E-state index in [9.17, 15) is 23.9 Å². The summed E-state index contributed by atoms with van der Waals surface area (Å²) in [5, 5.41) is 15.1. The van der Waals surface area contributed by atoms with E-state index in [0.29, 0.717) is 28.1 Å². The molecule has 1 unspecified atom stereocenters. The Morgan fingerprint density at radius 3 is 2.58 bits per heavy atom. The maximum atomic E-state index is 14.7. The van der Waals surface area contributed by atoms with Gasteiger partial charge in [-0.3, -0.25) is 9.59 Å². The molecule has 2 aromatic carbocycles. The molecule has 3 aromatic rings. The van der Waals surface area contributed by atoms with Crippen molar-refractivity contribution in [1.29, 1.82) is 0 Å². The van der Waals surface area contributed by atoms with Crippen molar-refractivity contribution in [3.8, 4) is 22.6 Å². The minimum atomic E-state index is -0.999. The van der Waals surface area contributed by atoms with E-state index in [1.165, 1.54) is 36.9 Å². The lowest BCUT2D eigenvalue weighted by molar-refractivity contribution is -0.143. The molecule has 3 N–H and O–H groups in total. The highest BCUT2D eigenvalue weighted by Crippen LogP contribution is 2.29. The largest absolute Gasteiger partial charge is 0.505 e. The van der Waals surface area contributed by atoms with Crippen LogP contribution in [0, 0.1) is 12.7 Å². The molecule has 0 aliphatic heterocycles. The van der Waals surface area contributed by atoms with Gasteiger partial charge in [-0.2, -0.15) is 0 Å². The highest BCUT2D eigenvalue weighted by atomic mass is 19.1. The molecule has 0 aliphatic carbocycles. The van der Waals surface area contributed by atoms with Gasteiger partial charge in [0.15, 0.2) is 5.69 Å². The normalized spacial score (nSPS) is 11.5. The smallest absolute Gasteiger partial charge is 0.319 e. The van der Waals surface area contributed by atoms with Gasteiger partial charge in [0.2, 0.25) is 0 Å². The zero-order valence-electron chi connectivity index (χ0n) is 20.4. The molecule has 1 aromatic heterocycles. The fourth-order valence-electron chi connectivity index (χ4n) is 3.65. The number of hydrogen-bond acceptors (Lipinski definition) is 6. The molecule has 3 rings (SSSR count). The van der Waals surface area contributed by atoms with Crippen LogP contribution >= 0.6 is 0 Å². The van der Waals surface area contributed by atoms with Crippen molar-refractivity contribution in [2.75, 3.05) is 19.0 Å². The zero-order valence-corrected chi connectivity index (χ0v) is 20.4. The maximum Gasteiger partial charge on any atom is 0.319 e. The first-order valence-corrected chi connectivity index (χ1v) is 11.2. The Morgan fingerprint density at radius 1 is 1.14 bits per heavy atom. The lowest BCUT2D eigenvalue weighted by Gasteiger charge is -2.20. The molecule has 0 fully saturated rings. The van der Waals surface area contributed by atoms with E-state index in [4.69, 9.17) is 9.47 Å². The number of benzene rings is 2. The number of halogens is 1. The van der Waals surface area contributed by atoms with E-state index in [1.807, 2.05) is 0 Å². The number of carbonyl (C=O) groups excluding carboxylic acids is 2. The van der Waals surface area contributed by atoms with E-state index in [2.05, 4.69) is 10.6 Å².